The summed E-state index contributed by atoms with van der Waals surface area (Å²) in [6, 6.07) is 11.7. The normalized spacial score (nSPS) is 15.1. The van der Waals surface area contributed by atoms with Crippen molar-refractivity contribution in [2.45, 2.75) is 13.3 Å². The number of ether oxygens (including phenoxy) is 3. The van der Waals surface area contributed by atoms with Crippen LogP contribution in [-0.4, -0.2) is 56.1 Å². The zero-order chi connectivity index (χ0) is 24.0. The molecule has 33 heavy (non-hydrogen) atoms. The average Bonchev–Trinajstić information content (AvgIpc) is 3.18. The first-order chi connectivity index (χ1) is 15.8. The van der Waals surface area contributed by atoms with Gasteiger partial charge in [0.15, 0.2) is 18.1 Å². The smallest absolute Gasteiger partial charge is 0.311 e. The molecule has 1 aliphatic heterocycles. The van der Waals surface area contributed by atoms with Crippen molar-refractivity contribution in [1.29, 1.82) is 0 Å². The first-order valence-electron chi connectivity index (χ1n) is 10.2. The second kappa shape index (κ2) is 10.5. The Morgan fingerprint density at radius 2 is 1.73 bits per heavy atom. The number of hydrazine groups is 1. The number of methoxy groups -OCH3 is 2. The van der Waals surface area contributed by atoms with Crippen molar-refractivity contribution in [3.63, 3.8) is 0 Å². The second-order valence-corrected chi connectivity index (χ2v) is 7.44. The fourth-order valence-corrected chi connectivity index (χ4v) is 3.23. The third kappa shape index (κ3) is 6.00. The van der Waals surface area contributed by atoms with Crippen LogP contribution in [0.3, 0.4) is 0 Å². The molecule has 1 heterocycles. The first kappa shape index (κ1) is 23.6. The first-order valence-corrected chi connectivity index (χ1v) is 10.2. The molecule has 0 radical (unpaired) electrons. The molecular weight excluding hydrogens is 430 g/mol. The summed E-state index contributed by atoms with van der Waals surface area (Å²) in [6.07, 6.45) is -0.134. The van der Waals surface area contributed by atoms with Gasteiger partial charge in [0.05, 0.1) is 26.7 Å². The monoisotopic (exact) mass is 455 g/mol. The number of carbonyl (C=O) groups excluding carboxylic acids is 4. The van der Waals surface area contributed by atoms with Gasteiger partial charge in [-0.1, -0.05) is 17.7 Å². The molecule has 0 bridgehead atoms. The lowest BCUT2D eigenvalue weighted by atomic mass is 10.1. The topological polar surface area (TPSA) is 123 Å². The maximum absolute atomic E-state index is 12.5. The van der Waals surface area contributed by atoms with E-state index in [-0.39, 0.29) is 18.5 Å². The molecule has 2 aromatic rings. The van der Waals surface area contributed by atoms with Crippen molar-refractivity contribution in [3.05, 3.63) is 53.6 Å². The lowest BCUT2D eigenvalue weighted by molar-refractivity contribution is -0.151. The van der Waals surface area contributed by atoms with Crippen LogP contribution in [0.2, 0.25) is 0 Å². The summed E-state index contributed by atoms with van der Waals surface area (Å²) in [4.78, 5) is 49.1. The van der Waals surface area contributed by atoms with Gasteiger partial charge in [-0.15, -0.1) is 0 Å². The average molecular weight is 455 g/mol. The highest BCUT2D eigenvalue weighted by Gasteiger charge is 2.36. The predicted molar refractivity (Wildman–Crippen MR) is 118 cm³/mol. The molecule has 0 aromatic heterocycles. The zero-order valence-electron chi connectivity index (χ0n) is 18.5. The number of hydrogen-bond acceptors (Lipinski definition) is 7. The Kier molecular flexibility index (Phi) is 7.50. The second-order valence-electron chi connectivity index (χ2n) is 7.44. The van der Waals surface area contributed by atoms with E-state index in [9.17, 15) is 19.2 Å². The number of nitrogens with one attached hydrogen (secondary N) is 2. The van der Waals surface area contributed by atoms with Crippen LogP contribution in [0, 0.1) is 12.8 Å². The fourth-order valence-electron chi connectivity index (χ4n) is 3.23. The number of esters is 1. The molecule has 0 spiro atoms. The molecular formula is C23H25N3O7. The van der Waals surface area contributed by atoms with E-state index in [1.165, 1.54) is 26.4 Å². The Bertz CT molecular complexity index is 1050. The van der Waals surface area contributed by atoms with Crippen molar-refractivity contribution in [2.24, 2.45) is 5.92 Å². The van der Waals surface area contributed by atoms with Crippen LogP contribution in [0.15, 0.2) is 42.5 Å². The van der Waals surface area contributed by atoms with Crippen LogP contribution < -0.4 is 20.2 Å². The van der Waals surface area contributed by atoms with E-state index in [0.717, 1.165) is 10.6 Å². The van der Waals surface area contributed by atoms with E-state index in [1.807, 2.05) is 19.1 Å². The van der Waals surface area contributed by atoms with Gasteiger partial charge in [-0.25, -0.2) is 0 Å². The SMILES string of the molecule is COc1ccc(C(=O)NN2C[C@@H](C(=O)OCC(=O)Nc3ccc(C)cc3)CC2=O)cc1OC. The minimum atomic E-state index is -0.796. The number of hydrogen-bond donors (Lipinski definition) is 2. The zero-order valence-corrected chi connectivity index (χ0v) is 18.5. The van der Waals surface area contributed by atoms with Crippen molar-refractivity contribution >= 4 is 29.4 Å². The lowest BCUT2D eigenvalue weighted by Crippen LogP contribution is -2.43. The molecule has 1 fully saturated rings. The van der Waals surface area contributed by atoms with E-state index < -0.39 is 36.2 Å². The van der Waals surface area contributed by atoms with Crippen LogP contribution in [-0.2, 0) is 19.1 Å². The summed E-state index contributed by atoms with van der Waals surface area (Å²) >= 11 is 0. The maximum atomic E-state index is 12.5. The fraction of sp³-hybridized carbons (Fsp3) is 0.304. The van der Waals surface area contributed by atoms with Gasteiger partial charge in [-0.2, -0.15) is 0 Å². The molecule has 0 aliphatic carbocycles. The standard InChI is InChI=1S/C23H25N3O7/c1-14-4-7-17(8-5-14)24-20(27)13-33-23(30)16-11-21(28)26(12-16)25-22(29)15-6-9-18(31-2)19(10-15)32-3/h4-10,16H,11-13H2,1-3H3,(H,24,27)(H,25,29)/t16-/m0/s1. The molecule has 1 atom stereocenters. The predicted octanol–water partition coefficient (Wildman–Crippen LogP) is 1.69. The number of carbonyl (C=O) groups is 4. The Balaban J connectivity index is 1.50. The van der Waals surface area contributed by atoms with Crippen LogP contribution >= 0.6 is 0 Å². The van der Waals surface area contributed by atoms with Crippen molar-refractivity contribution < 1.29 is 33.4 Å². The molecule has 1 aliphatic rings. The van der Waals surface area contributed by atoms with E-state index in [4.69, 9.17) is 14.2 Å². The van der Waals surface area contributed by atoms with Gasteiger partial charge >= 0.3 is 5.97 Å². The molecule has 3 rings (SSSR count). The summed E-state index contributed by atoms with van der Waals surface area (Å²) in [7, 11) is 2.92. The van der Waals surface area contributed by atoms with Gasteiger partial charge in [0.2, 0.25) is 5.91 Å². The molecule has 10 heteroatoms. The molecule has 1 saturated heterocycles. The summed E-state index contributed by atoms with van der Waals surface area (Å²) < 4.78 is 15.4. The quantitative estimate of drug-likeness (QED) is 0.581. The van der Waals surface area contributed by atoms with Crippen molar-refractivity contribution in [2.75, 3.05) is 32.7 Å². The van der Waals surface area contributed by atoms with Gasteiger partial charge in [0, 0.05) is 17.7 Å². The van der Waals surface area contributed by atoms with E-state index in [0.29, 0.717) is 17.2 Å². The molecule has 174 valence electrons. The van der Waals surface area contributed by atoms with E-state index in [1.54, 1.807) is 18.2 Å². The minimum absolute atomic E-state index is 0.0592. The summed E-state index contributed by atoms with van der Waals surface area (Å²) in [5.74, 6) is -2.13. The molecule has 10 nitrogen and oxygen atoms in total. The Labute approximate surface area is 190 Å². The molecule has 2 N–H and O–H groups in total. The molecule has 2 aromatic carbocycles. The number of rotatable bonds is 8. The molecule has 0 saturated carbocycles. The number of amides is 3. The Morgan fingerprint density at radius 3 is 2.39 bits per heavy atom. The highest BCUT2D eigenvalue weighted by molar-refractivity contribution is 5.97. The number of anilines is 1. The van der Waals surface area contributed by atoms with Crippen LogP contribution in [0.25, 0.3) is 0 Å². The maximum Gasteiger partial charge on any atom is 0.311 e. The van der Waals surface area contributed by atoms with Gasteiger partial charge in [-0.05, 0) is 37.3 Å². The Morgan fingerprint density at radius 1 is 1.03 bits per heavy atom. The lowest BCUT2D eigenvalue weighted by Gasteiger charge is -2.18. The van der Waals surface area contributed by atoms with Crippen LogP contribution in [0.5, 0.6) is 11.5 Å². The van der Waals surface area contributed by atoms with Crippen LogP contribution in [0.4, 0.5) is 5.69 Å². The van der Waals surface area contributed by atoms with E-state index in [2.05, 4.69) is 10.7 Å². The van der Waals surface area contributed by atoms with Crippen molar-refractivity contribution in [1.82, 2.24) is 10.4 Å². The summed E-state index contributed by atoms with van der Waals surface area (Å²) in [6.45, 7) is 1.39. The third-order valence-corrected chi connectivity index (χ3v) is 5.02. The molecule has 0 unspecified atom stereocenters. The molecule has 3 amide bonds. The van der Waals surface area contributed by atoms with Crippen molar-refractivity contribution in [3.8, 4) is 11.5 Å². The highest BCUT2D eigenvalue weighted by atomic mass is 16.5. The van der Waals surface area contributed by atoms with Gasteiger partial charge in [-0.3, -0.25) is 29.6 Å². The number of nitrogens with zero attached hydrogens (tertiary/aromatic N) is 1. The van der Waals surface area contributed by atoms with Gasteiger partial charge in [0.25, 0.3) is 11.8 Å². The van der Waals surface area contributed by atoms with Crippen LogP contribution in [0.1, 0.15) is 22.3 Å². The number of aryl methyl sites for hydroxylation is 1. The highest BCUT2D eigenvalue weighted by Crippen LogP contribution is 2.27. The summed E-state index contributed by atoms with van der Waals surface area (Å²) in [5.41, 5.74) is 4.37. The van der Waals surface area contributed by atoms with E-state index >= 15 is 0 Å². The van der Waals surface area contributed by atoms with Gasteiger partial charge < -0.3 is 19.5 Å². The summed E-state index contributed by atoms with van der Waals surface area (Å²) in [5, 5.41) is 3.69. The third-order valence-electron chi connectivity index (χ3n) is 5.02. The minimum Gasteiger partial charge on any atom is -0.493 e. The largest absolute Gasteiger partial charge is 0.493 e. The Hall–Kier alpha value is -4.08. The number of benzene rings is 2. The van der Waals surface area contributed by atoms with Gasteiger partial charge in [0.1, 0.15) is 0 Å².